The third-order valence-electron chi connectivity index (χ3n) is 4.16. The number of piperidine rings is 1. The summed E-state index contributed by atoms with van der Waals surface area (Å²) in [5.74, 6) is 0.488. The zero-order valence-corrected chi connectivity index (χ0v) is 12.1. The molecule has 2 fully saturated rings. The van der Waals surface area contributed by atoms with E-state index in [1.807, 2.05) is 29.2 Å². The van der Waals surface area contributed by atoms with Gasteiger partial charge in [0.25, 0.3) is 0 Å². The summed E-state index contributed by atoms with van der Waals surface area (Å²) in [6, 6.07) is 7.82. The van der Waals surface area contributed by atoms with Crippen molar-refractivity contribution in [1.29, 1.82) is 0 Å². The van der Waals surface area contributed by atoms with Gasteiger partial charge in [0.2, 0.25) is 0 Å². The molecule has 2 saturated heterocycles. The molecule has 2 heterocycles. The van der Waals surface area contributed by atoms with Gasteiger partial charge >= 0.3 is 6.09 Å². The normalized spacial score (nSPS) is 26.6. The molecule has 0 saturated carbocycles. The maximum atomic E-state index is 12.0. The third-order valence-corrected chi connectivity index (χ3v) is 4.41. The first-order chi connectivity index (χ1) is 9.74. The molecule has 2 atom stereocenters. The van der Waals surface area contributed by atoms with Crippen LogP contribution in [-0.4, -0.2) is 36.7 Å². The summed E-state index contributed by atoms with van der Waals surface area (Å²) in [7, 11) is 0. The highest BCUT2D eigenvalue weighted by molar-refractivity contribution is 6.30. The molecular formula is C15H19ClN2O2. The summed E-state index contributed by atoms with van der Waals surface area (Å²) in [4.78, 5) is 13.8. The van der Waals surface area contributed by atoms with Gasteiger partial charge in [-0.05, 0) is 43.0 Å². The molecule has 1 amide bonds. The molecule has 20 heavy (non-hydrogen) atoms. The third kappa shape index (κ3) is 2.91. The van der Waals surface area contributed by atoms with Crippen LogP contribution < -0.4 is 5.32 Å². The summed E-state index contributed by atoms with van der Waals surface area (Å²) < 4.78 is 5.26. The maximum absolute atomic E-state index is 12.0. The van der Waals surface area contributed by atoms with Gasteiger partial charge < -0.3 is 10.1 Å². The minimum atomic E-state index is -0.199. The Labute approximate surface area is 124 Å². The zero-order valence-electron chi connectivity index (χ0n) is 11.3. The van der Waals surface area contributed by atoms with Crippen LogP contribution >= 0.6 is 11.6 Å². The topological polar surface area (TPSA) is 41.6 Å². The van der Waals surface area contributed by atoms with Crippen molar-refractivity contribution in [3.63, 3.8) is 0 Å². The van der Waals surface area contributed by atoms with E-state index in [1.54, 1.807) is 0 Å². The lowest BCUT2D eigenvalue weighted by Crippen LogP contribution is -2.45. The number of carbonyl (C=O) groups is 1. The van der Waals surface area contributed by atoms with E-state index in [4.69, 9.17) is 16.3 Å². The van der Waals surface area contributed by atoms with Gasteiger partial charge in [-0.2, -0.15) is 0 Å². The summed E-state index contributed by atoms with van der Waals surface area (Å²) in [6.45, 7) is 3.16. The molecule has 0 aliphatic carbocycles. The van der Waals surface area contributed by atoms with Gasteiger partial charge in [0.1, 0.15) is 6.61 Å². The monoisotopic (exact) mass is 294 g/mol. The average molecular weight is 295 g/mol. The summed E-state index contributed by atoms with van der Waals surface area (Å²) >= 11 is 5.89. The fraction of sp³-hybridized carbons (Fsp3) is 0.533. The average Bonchev–Trinajstić information content (AvgIpc) is 2.84. The van der Waals surface area contributed by atoms with Crippen LogP contribution in [0.1, 0.15) is 18.4 Å². The number of hydrogen-bond acceptors (Lipinski definition) is 3. The van der Waals surface area contributed by atoms with Crippen LogP contribution in [-0.2, 0) is 11.3 Å². The molecule has 1 aromatic carbocycles. The predicted molar refractivity (Wildman–Crippen MR) is 77.7 cm³/mol. The highest BCUT2D eigenvalue weighted by atomic mass is 35.5. The van der Waals surface area contributed by atoms with E-state index >= 15 is 0 Å². The number of hydrogen-bond donors (Lipinski definition) is 1. The number of carbonyl (C=O) groups excluding carboxylic acids is 1. The van der Waals surface area contributed by atoms with E-state index in [-0.39, 0.29) is 12.1 Å². The molecule has 2 aliphatic rings. The van der Waals surface area contributed by atoms with Crippen LogP contribution in [0.3, 0.4) is 0 Å². The Balaban J connectivity index is 1.71. The lowest BCUT2D eigenvalue weighted by molar-refractivity contribution is 0.152. The zero-order chi connectivity index (χ0) is 13.9. The number of cyclic esters (lactones) is 1. The standard InChI is InChI=1S/C15H19ClN2O2/c16-13-5-3-11(4-6-13)9-18-14(10-20-15(18)19)12-2-1-7-17-8-12/h3-6,12,14,17H,1-2,7-10H2. The second kappa shape index (κ2) is 6.02. The van der Waals surface area contributed by atoms with Crippen molar-refractivity contribution in [3.8, 4) is 0 Å². The van der Waals surface area contributed by atoms with Crippen molar-refractivity contribution < 1.29 is 9.53 Å². The molecule has 4 nitrogen and oxygen atoms in total. The van der Waals surface area contributed by atoms with Gasteiger partial charge in [0.05, 0.1) is 6.04 Å². The van der Waals surface area contributed by atoms with E-state index in [0.717, 1.165) is 25.1 Å². The smallest absolute Gasteiger partial charge is 0.410 e. The van der Waals surface area contributed by atoms with Crippen molar-refractivity contribution in [2.75, 3.05) is 19.7 Å². The number of halogens is 1. The first-order valence-corrected chi connectivity index (χ1v) is 7.50. The van der Waals surface area contributed by atoms with Crippen LogP contribution in [0.2, 0.25) is 5.02 Å². The summed E-state index contributed by atoms with van der Waals surface area (Å²) in [6.07, 6.45) is 2.13. The lowest BCUT2D eigenvalue weighted by Gasteiger charge is -2.32. The van der Waals surface area contributed by atoms with Crippen molar-refractivity contribution in [1.82, 2.24) is 10.2 Å². The summed E-state index contributed by atoms with van der Waals surface area (Å²) in [5, 5.41) is 4.12. The molecule has 1 aromatic rings. The van der Waals surface area contributed by atoms with E-state index in [0.29, 0.717) is 24.1 Å². The molecule has 1 N–H and O–H groups in total. The Morgan fingerprint density at radius 3 is 2.85 bits per heavy atom. The van der Waals surface area contributed by atoms with Crippen LogP contribution in [0.4, 0.5) is 4.79 Å². The highest BCUT2D eigenvalue weighted by Gasteiger charge is 2.38. The number of nitrogens with one attached hydrogen (secondary N) is 1. The van der Waals surface area contributed by atoms with Gasteiger partial charge in [-0.25, -0.2) is 4.79 Å². The Kier molecular flexibility index (Phi) is 4.13. The minimum Gasteiger partial charge on any atom is -0.447 e. The fourth-order valence-corrected chi connectivity index (χ4v) is 3.16. The number of amides is 1. The van der Waals surface area contributed by atoms with E-state index in [1.165, 1.54) is 6.42 Å². The van der Waals surface area contributed by atoms with Crippen molar-refractivity contribution in [3.05, 3.63) is 34.9 Å². The Bertz CT molecular complexity index is 471. The van der Waals surface area contributed by atoms with Crippen molar-refractivity contribution in [2.45, 2.75) is 25.4 Å². The second-order valence-electron chi connectivity index (χ2n) is 5.51. The number of ether oxygens (including phenoxy) is 1. The molecule has 3 rings (SSSR count). The largest absolute Gasteiger partial charge is 0.447 e. The molecule has 0 aromatic heterocycles. The first-order valence-electron chi connectivity index (χ1n) is 7.12. The van der Waals surface area contributed by atoms with Crippen LogP contribution in [0.5, 0.6) is 0 Å². The molecule has 0 radical (unpaired) electrons. The van der Waals surface area contributed by atoms with Gasteiger partial charge in [0.15, 0.2) is 0 Å². The van der Waals surface area contributed by atoms with Gasteiger partial charge in [0, 0.05) is 18.1 Å². The first kappa shape index (κ1) is 13.7. The van der Waals surface area contributed by atoms with Gasteiger partial charge in [-0.3, -0.25) is 4.90 Å². The number of nitrogens with zero attached hydrogens (tertiary/aromatic N) is 1. The van der Waals surface area contributed by atoms with Crippen LogP contribution in [0.15, 0.2) is 24.3 Å². The number of rotatable bonds is 3. The Morgan fingerprint density at radius 1 is 1.35 bits per heavy atom. The van der Waals surface area contributed by atoms with E-state index in [9.17, 15) is 4.79 Å². The molecule has 108 valence electrons. The summed E-state index contributed by atoms with van der Waals surface area (Å²) in [5.41, 5.74) is 1.09. The quantitative estimate of drug-likeness (QED) is 0.932. The molecular weight excluding hydrogens is 276 g/mol. The van der Waals surface area contributed by atoms with Crippen molar-refractivity contribution >= 4 is 17.7 Å². The molecule has 0 bridgehead atoms. The Morgan fingerprint density at radius 2 is 2.15 bits per heavy atom. The highest BCUT2D eigenvalue weighted by Crippen LogP contribution is 2.26. The van der Waals surface area contributed by atoms with Gasteiger partial charge in [-0.15, -0.1) is 0 Å². The number of benzene rings is 1. The predicted octanol–water partition coefficient (Wildman–Crippen LogP) is 2.66. The Hall–Kier alpha value is -1.26. The van der Waals surface area contributed by atoms with E-state index < -0.39 is 0 Å². The van der Waals surface area contributed by atoms with E-state index in [2.05, 4.69) is 5.32 Å². The SMILES string of the molecule is O=C1OCC(C2CCCNC2)N1Cc1ccc(Cl)cc1. The van der Waals surface area contributed by atoms with Crippen LogP contribution in [0, 0.1) is 5.92 Å². The fourth-order valence-electron chi connectivity index (χ4n) is 3.03. The van der Waals surface area contributed by atoms with Crippen molar-refractivity contribution in [2.24, 2.45) is 5.92 Å². The maximum Gasteiger partial charge on any atom is 0.410 e. The second-order valence-corrected chi connectivity index (χ2v) is 5.94. The minimum absolute atomic E-state index is 0.186. The lowest BCUT2D eigenvalue weighted by atomic mass is 9.91. The molecule has 2 aliphatic heterocycles. The molecule has 2 unspecified atom stereocenters. The molecule has 5 heteroatoms. The van der Waals surface area contributed by atoms with Gasteiger partial charge in [-0.1, -0.05) is 23.7 Å². The van der Waals surface area contributed by atoms with Crippen LogP contribution in [0.25, 0.3) is 0 Å². The molecule has 0 spiro atoms.